The standard InChI is InChI=1S/C20H14OS/c21-16-11-9-14(10-12-16)20-17-6-2-1-5-15(17)13-22-19-8-4-3-7-18(19)20/h1-12H,13H2. The second-order valence-corrected chi connectivity index (χ2v) is 6.36. The van der Waals surface area contributed by atoms with Gasteiger partial charge in [-0.15, -0.1) is 11.8 Å². The number of hydrogen-bond acceptors (Lipinski definition) is 2. The van der Waals surface area contributed by atoms with E-state index in [2.05, 4.69) is 48.5 Å². The topological polar surface area (TPSA) is 17.1 Å². The molecule has 0 fully saturated rings. The van der Waals surface area contributed by atoms with Gasteiger partial charge >= 0.3 is 0 Å². The fourth-order valence-electron chi connectivity index (χ4n) is 2.92. The van der Waals surface area contributed by atoms with Crippen molar-refractivity contribution >= 4 is 23.1 Å². The lowest BCUT2D eigenvalue weighted by atomic mass is 9.89. The molecule has 1 heterocycles. The third-order valence-electron chi connectivity index (χ3n) is 3.97. The molecule has 0 aromatic heterocycles. The molecule has 4 rings (SSSR count). The van der Waals surface area contributed by atoms with Gasteiger partial charge in [-0.05, 0) is 46.1 Å². The molecule has 0 saturated carbocycles. The van der Waals surface area contributed by atoms with Crippen molar-refractivity contribution in [3.8, 4) is 0 Å². The van der Waals surface area contributed by atoms with Crippen molar-refractivity contribution in [1.29, 1.82) is 0 Å². The molecule has 1 aliphatic carbocycles. The molecule has 0 unspecified atom stereocenters. The van der Waals surface area contributed by atoms with Gasteiger partial charge in [0.2, 0.25) is 0 Å². The van der Waals surface area contributed by atoms with Gasteiger partial charge in [0.1, 0.15) is 0 Å². The Labute approximate surface area is 134 Å². The molecule has 2 aliphatic rings. The molecule has 0 N–H and O–H groups in total. The highest BCUT2D eigenvalue weighted by Crippen LogP contribution is 2.42. The first-order chi connectivity index (χ1) is 10.8. The van der Waals surface area contributed by atoms with E-state index in [9.17, 15) is 4.79 Å². The molecule has 0 bridgehead atoms. The van der Waals surface area contributed by atoms with Crippen molar-refractivity contribution in [2.24, 2.45) is 0 Å². The van der Waals surface area contributed by atoms with Crippen LogP contribution in [0.15, 0.2) is 83.3 Å². The van der Waals surface area contributed by atoms with Gasteiger partial charge in [-0.25, -0.2) is 0 Å². The maximum absolute atomic E-state index is 11.5. The number of carbonyl (C=O) groups is 1. The number of hydrogen-bond donors (Lipinski definition) is 0. The zero-order valence-corrected chi connectivity index (χ0v) is 12.8. The van der Waals surface area contributed by atoms with Crippen molar-refractivity contribution in [2.45, 2.75) is 10.6 Å². The summed E-state index contributed by atoms with van der Waals surface area (Å²) in [5.41, 5.74) is 6.16. The minimum Gasteiger partial charge on any atom is -0.290 e. The van der Waals surface area contributed by atoms with Crippen molar-refractivity contribution in [1.82, 2.24) is 0 Å². The Morgan fingerprint density at radius 2 is 1.45 bits per heavy atom. The lowest BCUT2D eigenvalue weighted by Gasteiger charge is -2.15. The van der Waals surface area contributed by atoms with Crippen LogP contribution in [0.5, 0.6) is 0 Å². The maximum atomic E-state index is 11.5. The molecule has 2 heteroatoms. The van der Waals surface area contributed by atoms with Crippen LogP contribution < -0.4 is 0 Å². The molecule has 0 atom stereocenters. The molecule has 2 aromatic rings. The molecule has 22 heavy (non-hydrogen) atoms. The Morgan fingerprint density at radius 1 is 0.773 bits per heavy atom. The minimum absolute atomic E-state index is 0.0499. The number of fused-ring (bicyclic) bond motifs is 2. The molecule has 0 radical (unpaired) electrons. The normalized spacial score (nSPS) is 16.3. The minimum atomic E-state index is 0.0499. The molecule has 0 saturated heterocycles. The Kier molecular flexibility index (Phi) is 3.32. The second kappa shape index (κ2) is 5.47. The van der Waals surface area contributed by atoms with Crippen LogP contribution in [-0.4, -0.2) is 5.78 Å². The molecule has 2 aromatic carbocycles. The summed E-state index contributed by atoms with van der Waals surface area (Å²) in [7, 11) is 0. The van der Waals surface area contributed by atoms with Gasteiger partial charge in [-0.3, -0.25) is 4.79 Å². The quantitative estimate of drug-likeness (QED) is 0.696. The van der Waals surface area contributed by atoms with Gasteiger partial charge in [0.05, 0.1) is 0 Å². The molecular formula is C20H14OS. The zero-order chi connectivity index (χ0) is 14.9. The predicted octanol–water partition coefficient (Wildman–Crippen LogP) is 4.79. The summed E-state index contributed by atoms with van der Waals surface area (Å²) in [5.74, 6) is 1.02. The molecule has 106 valence electrons. The fourth-order valence-corrected chi connectivity index (χ4v) is 3.99. The first kappa shape index (κ1) is 13.4. The van der Waals surface area contributed by atoms with E-state index in [4.69, 9.17) is 0 Å². The third-order valence-corrected chi connectivity index (χ3v) is 5.09. The van der Waals surface area contributed by atoms with Crippen LogP contribution >= 0.6 is 11.8 Å². The van der Waals surface area contributed by atoms with Gasteiger partial charge in [-0.2, -0.15) is 0 Å². The number of thioether (sulfide) groups is 1. The van der Waals surface area contributed by atoms with Crippen LogP contribution in [0.4, 0.5) is 0 Å². The lowest BCUT2D eigenvalue weighted by molar-refractivity contribution is -0.110. The number of rotatable bonds is 0. The summed E-state index contributed by atoms with van der Waals surface area (Å²) in [6, 6.07) is 17.1. The summed E-state index contributed by atoms with van der Waals surface area (Å²) in [4.78, 5) is 12.7. The predicted molar refractivity (Wildman–Crippen MR) is 91.8 cm³/mol. The van der Waals surface area contributed by atoms with Crippen LogP contribution in [0.1, 0.15) is 16.7 Å². The van der Waals surface area contributed by atoms with Gasteiger partial charge in [0, 0.05) is 10.6 Å². The Balaban J connectivity index is 2.04. The van der Waals surface area contributed by atoms with Crippen LogP contribution in [0, 0.1) is 0 Å². The van der Waals surface area contributed by atoms with Crippen molar-refractivity contribution < 1.29 is 4.79 Å². The highest BCUT2D eigenvalue weighted by molar-refractivity contribution is 7.98. The summed E-state index contributed by atoms with van der Waals surface area (Å²) in [6.07, 6.45) is 7.15. The molecule has 0 spiro atoms. The van der Waals surface area contributed by atoms with E-state index in [-0.39, 0.29) is 5.78 Å². The zero-order valence-electron chi connectivity index (χ0n) is 12.0. The van der Waals surface area contributed by atoms with E-state index in [1.807, 2.05) is 23.9 Å². The first-order valence-corrected chi connectivity index (χ1v) is 8.26. The number of allylic oxidation sites excluding steroid dienone is 5. The summed E-state index contributed by atoms with van der Waals surface area (Å²) >= 11 is 1.87. The average Bonchev–Trinajstić information content (AvgIpc) is 2.73. The van der Waals surface area contributed by atoms with E-state index < -0.39 is 0 Å². The highest BCUT2D eigenvalue weighted by Gasteiger charge is 2.20. The van der Waals surface area contributed by atoms with Crippen molar-refractivity contribution in [2.75, 3.05) is 0 Å². The van der Waals surface area contributed by atoms with E-state index in [0.29, 0.717) is 0 Å². The summed E-state index contributed by atoms with van der Waals surface area (Å²) in [6.45, 7) is 0. The Bertz CT molecular complexity index is 788. The van der Waals surface area contributed by atoms with E-state index >= 15 is 0 Å². The first-order valence-electron chi connectivity index (χ1n) is 7.28. The molecular weight excluding hydrogens is 288 g/mol. The second-order valence-electron chi connectivity index (χ2n) is 5.34. The highest BCUT2D eigenvalue weighted by atomic mass is 32.2. The van der Waals surface area contributed by atoms with Gasteiger partial charge in [0.15, 0.2) is 5.78 Å². The van der Waals surface area contributed by atoms with E-state index in [0.717, 1.165) is 11.3 Å². The van der Waals surface area contributed by atoms with Crippen molar-refractivity contribution in [3.63, 3.8) is 0 Å². The fraction of sp³-hybridized carbons (Fsp3) is 0.0500. The monoisotopic (exact) mass is 302 g/mol. The smallest absolute Gasteiger partial charge is 0.178 e. The van der Waals surface area contributed by atoms with E-state index in [1.54, 1.807) is 12.2 Å². The van der Waals surface area contributed by atoms with Gasteiger partial charge in [0.25, 0.3) is 0 Å². The van der Waals surface area contributed by atoms with Gasteiger partial charge < -0.3 is 0 Å². The van der Waals surface area contributed by atoms with E-state index in [1.165, 1.54) is 27.2 Å². The summed E-state index contributed by atoms with van der Waals surface area (Å²) in [5, 5.41) is 0. The molecule has 0 amide bonds. The Morgan fingerprint density at radius 3 is 2.27 bits per heavy atom. The van der Waals surface area contributed by atoms with Crippen LogP contribution in [-0.2, 0) is 10.5 Å². The largest absolute Gasteiger partial charge is 0.290 e. The van der Waals surface area contributed by atoms with Crippen LogP contribution in [0.3, 0.4) is 0 Å². The number of carbonyl (C=O) groups excluding carboxylic acids is 1. The molecule has 1 nitrogen and oxygen atoms in total. The number of benzene rings is 2. The average molecular weight is 302 g/mol. The third kappa shape index (κ3) is 2.26. The summed E-state index contributed by atoms with van der Waals surface area (Å²) < 4.78 is 0. The van der Waals surface area contributed by atoms with Crippen LogP contribution in [0.25, 0.3) is 5.57 Å². The Hall–Kier alpha value is -2.32. The van der Waals surface area contributed by atoms with Crippen molar-refractivity contribution in [3.05, 3.63) is 95.1 Å². The number of ketones is 1. The van der Waals surface area contributed by atoms with Gasteiger partial charge in [-0.1, -0.05) is 54.6 Å². The molecule has 1 aliphatic heterocycles. The lowest BCUT2D eigenvalue weighted by Crippen LogP contribution is -1.98. The SMILES string of the molecule is O=C1C=CC(=C2c3ccccc3CSc3ccccc32)C=C1. The van der Waals surface area contributed by atoms with Crippen LogP contribution in [0.2, 0.25) is 0 Å². The maximum Gasteiger partial charge on any atom is 0.178 e.